The summed E-state index contributed by atoms with van der Waals surface area (Å²) >= 11 is 0. The van der Waals surface area contributed by atoms with Gasteiger partial charge in [0.25, 0.3) is 11.8 Å². The Hall–Kier alpha value is -2.84. The number of benzene rings is 1. The minimum Gasteiger partial charge on any atom is -0.349 e. The van der Waals surface area contributed by atoms with Gasteiger partial charge in [0, 0.05) is 5.54 Å². The molecule has 1 saturated heterocycles. The lowest BCUT2D eigenvalue weighted by Crippen LogP contribution is -2.61. The SMILES string of the molecule is O=C(CN1N=N[C@@H]2C(=O)N(c3cccc(F)c3)C(=O)[C@H]21)NC12CC3CC(CC(C3)C1)C2. The number of fused-ring (bicyclic) bond motifs is 1. The monoisotopic (exact) mass is 425 g/mol. The van der Waals surface area contributed by atoms with Gasteiger partial charge in [-0.3, -0.25) is 19.4 Å². The van der Waals surface area contributed by atoms with Crippen molar-refractivity contribution in [2.24, 2.45) is 28.1 Å². The van der Waals surface area contributed by atoms with Gasteiger partial charge in [-0.05, 0) is 74.5 Å². The summed E-state index contributed by atoms with van der Waals surface area (Å²) in [6, 6.07) is 3.37. The summed E-state index contributed by atoms with van der Waals surface area (Å²) in [6.45, 7) is -0.123. The number of carbonyl (C=O) groups excluding carboxylic acids is 3. The van der Waals surface area contributed by atoms with Crippen LogP contribution in [0.25, 0.3) is 0 Å². The second kappa shape index (κ2) is 6.58. The summed E-state index contributed by atoms with van der Waals surface area (Å²) in [4.78, 5) is 39.6. The van der Waals surface area contributed by atoms with E-state index in [4.69, 9.17) is 0 Å². The summed E-state index contributed by atoms with van der Waals surface area (Å²) in [7, 11) is 0. The first-order valence-corrected chi connectivity index (χ1v) is 11.0. The van der Waals surface area contributed by atoms with Crippen molar-refractivity contribution in [2.45, 2.75) is 56.1 Å². The molecule has 31 heavy (non-hydrogen) atoms. The first-order chi connectivity index (χ1) is 14.9. The molecule has 5 fully saturated rings. The van der Waals surface area contributed by atoms with Crippen LogP contribution in [0, 0.1) is 23.6 Å². The zero-order valence-corrected chi connectivity index (χ0v) is 17.0. The van der Waals surface area contributed by atoms with Crippen molar-refractivity contribution in [1.82, 2.24) is 10.3 Å². The van der Waals surface area contributed by atoms with Gasteiger partial charge in [-0.2, -0.15) is 5.11 Å². The summed E-state index contributed by atoms with van der Waals surface area (Å²) in [5, 5.41) is 12.5. The number of hydrogen-bond acceptors (Lipinski definition) is 6. The normalized spacial score (nSPS) is 37.6. The average Bonchev–Trinajstić information content (AvgIpc) is 3.20. The molecule has 7 rings (SSSR count). The fraction of sp³-hybridized carbons (Fsp3) is 0.591. The third-order valence-corrected chi connectivity index (χ3v) is 7.67. The summed E-state index contributed by atoms with van der Waals surface area (Å²) in [6.07, 6.45) is 6.94. The number of amides is 3. The number of nitrogens with zero attached hydrogens (tertiary/aromatic N) is 4. The number of anilines is 1. The quantitative estimate of drug-likeness (QED) is 0.749. The molecule has 3 amide bonds. The minimum absolute atomic E-state index is 0.123. The Labute approximate surface area is 178 Å². The molecule has 2 atom stereocenters. The first-order valence-electron chi connectivity index (χ1n) is 11.0. The highest BCUT2D eigenvalue weighted by atomic mass is 19.1. The van der Waals surface area contributed by atoms with E-state index < -0.39 is 29.7 Å². The average molecular weight is 425 g/mol. The third-order valence-electron chi connectivity index (χ3n) is 7.67. The molecule has 2 heterocycles. The molecule has 6 aliphatic rings. The molecule has 162 valence electrons. The molecule has 9 heteroatoms. The molecule has 1 N–H and O–H groups in total. The molecule has 1 aromatic carbocycles. The highest BCUT2D eigenvalue weighted by Crippen LogP contribution is 2.55. The topological polar surface area (TPSA) is 94.4 Å². The van der Waals surface area contributed by atoms with Gasteiger partial charge in [-0.25, -0.2) is 9.29 Å². The van der Waals surface area contributed by atoms with Crippen LogP contribution >= 0.6 is 0 Å². The van der Waals surface area contributed by atoms with Crippen molar-refractivity contribution in [1.29, 1.82) is 0 Å². The van der Waals surface area contributed by atoms with Crippen LogP contribution in [0.15, 0.2) is 34.6 Å². The van der Waals surface area contributed by atoms with Crippen LogP contribution in [-0.2, 0) is 14.4 Å². The number of carbonyl (C=O) groups is 3. The lowest BCUT2D eigenvalue weighted by atomic mass is 9.53. The maximum Gasteiger partial charge on any atom is 0.263 e. The van der Waals surface area contributed by atoms with Crippen LogP contribution in [0.2, 0.25) is 0 Å². The van der Waals surface area contributed by atoms with E-state index in [2.05, 4.69) is 15.7 Å². The van der Waals surface area contributed by atoms with Gasteiger partial charge >= 0.3 is 0 Å². The number of halogens is 1. The molecule has 2 aliphatic heterocycles. The van der Waals surface area contributed by atoms with Gasteiger partial charge in [0.1, 0.15) is 12.4 Å². The highest BCUT2D eigenvalue weighted by molar-refractivity contribution is 6.25. The van der Waals surface area contributed by atoms with Crippen LogP contribution in [0.3, 0.4) is 0 Å². The van der Waals surface area contributed by atoms with E-state index in [1.807, 2.05) is 0 Å². The van der Waals surface area contributed by atoms with E-state index >= 15 is 0 Å². The molecule has 4 aliphatic carbocycles. The van der Waals surface area contributed by atoms with E-state index in [9.17, 15) is 18.8 Å². The van der Waals surface area contributed by atoms with Gasteiger partial charge in [0.05, 0.1) is 5.69 Å². The predicted octanol–water partition coefficient (Wildman–Crippen LogP) is 2.20. The fourth-order valence-electron chi connectivity index (χ4n) is 6.97. The zero-order valence-electron chi connectivity index (χ0n) is 17.0. The molecular weight excluding hydrogens is 401 g/mol. The molecule has 0 aromatic heterocycles. The van der Waals surface area contributed by atoms with Crippen LogP contribution in [0.4, 0.5) is 10.1 Å². The number of hydrogen-bond donors (Lipinski definition) is 1. The molecule has 0 radical (unpaired) electrons. The maximum atomic E-state index is 13.6. The summed E-state index contributed by atoms with van der Waals surface area (Å²) in [5.41, 5.74) is 0.0307. The number of rotatable bonds is 4. The van der Waals surface area contributed by atoms with E-state index in [-0.39, 0.29) is 23.7 Å². The van der Waals surface area contributed by atoms with Gasteiger partial charge in [0.2, 0.25) is 5.91 Å². The smallest absolute Gasteiger partial charge is 0.263 e. The fourth-order valence-corrected chi connectivity index (χ4v) is 6.97. The van der Waals surface area contributed by atoms with Crippen molar-refractivity contribution in [3.05, 3.63) is 30.1 Å². The van der Waals surface area contributed by atoms with Crippen molar-refractivity contribution >= 4 is 23.4 Å². The number of imide groups is 1. The Kier molecular flexibility index (Phi) is 4.01. The Morgan fingerprint density at radius 3 is 2.42 bits per heavy atom. The van der Waals surface area contributed by atoms with E-state index in [0.29, 0.717) is 17.8 Å². The van der Waals surface area contributed by atoms with Crippen LogP contribution < -0.4 is 10.2 Å². The molecule has 1 aromatic rings. The van der Waals surface area contributed by atoms with Crippen LogP contribution in [-0.4, -0.2) is 46.9 Å². The number of nitrogens with one attached hydrogen (secondary N) is 1. The Morgan fingerprint density at radius 1 is 1.10 bits per heavy atom. The van der Waals surface area contributed by atoms with Crippen LogP contribution in [0.1, 0.15) is 38.5 Å². The second-order valence-corrected chi connectivity index (χ2v) is 9.93. The van der Waals surface area contributed by atoms with Crippen molar-refractivity contribution in [2.75, 3.05) is 11.4 Å². The van der Waals surface area contributed by atoms with Crippen molar-refractivity contribution in [3.8, 4) is 0 Å². The Bertz CT molecular complexity index is 975. The zero-order chi connectivity index (χ0) is 21.3. The molecule has 4 bridgehead atoms. The molecule has 8 nitrogen and oxygen atoms in total. The lowest BCUT2D eigenvalue weighted by molar-refractivity contribution is -0.129. The van der Waals surface area contributed by atoms with Crippen LogP contribution in [0.5, 0.6) is 0 Å². The first kappa shape index (κ1) is 18.9. The van der Waals surface area contributed by atoms with E-state index in [1.165, 1.54) is 42.5 Å². The van der Waals surface area contributed by atoms with Gasteiger partial charge < -0.3 is 5.32 Å². The highest BCUT2D eigenvalue weighted by Gasteiger charge is 2.56. The molecule has 0 spiro atoms. The molecule has 4 saturated carbocycles. The standard InChI is InChI=1S/C22H24FN5O3/c23-15-2-1-3-16(7-15)28-20(30)18-19(21(28)31)27(26-25-18)11-17(29)24-22-8-12-4-13(9-22)6-14(5-12)10-22/h1-3,7,12-14,18-19H,4-6,8-11H2,(H,24,29)/t12?,13?,14?,18-,19-,22?/m0/s1. The summed E-state index contributed by atoms with van der Waals surface area (Å²) in [5.74, 6) is 0.305. The summed E-state index contributed by atoms with van der Waals surface area (Å²) < 4.78 is 13.6. The maximum absolute atomic E-state index is 13.6. The third kappa shape index (κ3) is 2.96. The van der Waals surface area contributed by atoms with Crippen molar-refractivity contribution < 1.29 is 18.8 Å². The van der Waals surface area contributed by atoms with Crippen molar-refractivity contribution in [3.63, 3.8) is 0 Å². The van der Waals surface area contributed by atoms with Gasteiger partial charge in [-0.1, -0.05) is 11.3 Å². The largest absolute Gasteiger partial charge is 0.349 e. The lowest BCUT2D eigenvalue weighted by Gasteiger charge is -2.57. The van der Waals surface area contributed by atoms with Gasteiger partial charge in [-0.15, -0.1) is 0 Å². The van der Waals surface area contributed by atoms with Gasteiger partial charge in [0.15, 0.2) is 12.1 Å². The molecule has 0 unspecified atom stereocenters. The Morgan fingerprint density at radius 2 is 1.77 bits per heavy atom. The second-order valence-electron chi connectivity index (χ2n) is 9.93. The molecular formula is C22H24FN5O3. The van der Waals surface area contributed by atoms with E-state index in [0.717, 1.165) is 30.2 Å². The Balaban J connectivity index is 1.16. The minimum atomic E-state index is -0.997. The predicted molar refractivity (Wildman–Crippen MR) is 107 cm³/mol. The van der Waals surface area contributed by atoms with E-state index in [1.54, 1.807) is 0 Å².